The van der Waals surface area contributed by atoms with Crippen LogP contribution in [0.3, 0.4) is 0 Å². The van der Waals surface area contributed by atoms with Gasteiger partial charge < -0.3 is 0 Å². The molecule has 0 aliphatic heterocycles. The van der Waals surface area contributed by atoms with E-state index in [0.29, 0.717) is 6.42 Å². The Hall–Kier alpha value is -0.350. The van der Waals surface area contributed by atoms with Gasteiger partial charge in [-0.15, -0.1) is 0 Å². The third-order valence-corrected chi connectivity index (χ3v) is 1.87. The van der Waals surface area contributed by atoms with Gasteiger partial charge in [0.05, 0.1) is 5.41 Å². The average Bonchev–Trinajstić information content (AvgIpc) is 1.76. The highest BCUT2D eigenvalue weighted by Gasteiger charge is 2.07. The molecular weight excluding hydrogens is 176 g/mol. The van der Waals surface area contributed by atoms with Crippen LogP contribution in [0.5, 0.6) is 0 Å². The molecule has 1 N–H and O–H groups in total. The molecule has 3 nitrogen and oxygen atoms in total. The monoisotopic (exact) mass is 192 g/mol. The summed E-state index contributed by atoms with van der Waals surface area (Å²) in [4.78, 5) is 0. The van der Waals surface area contributed by atoms with Gasteiger partial charge in [-0.25, -0.2) is 0 Å². The Balaban J connectivity index is 3.80. The normalized spacial score (nSPS) is 14.0. The van der Waals surface area contributed by atoms with E-state index >= 15 is 0 Å². The second kappa shape index (κ2) is 4.05. The predicted octanol–water partition coefficient (Wildman–Crippen LogP) is 2.21. The number of hydrogen-bond donors (Lipinski definition) is 1. The van der Waals surface area contributed by atoms with Crippen molar-refractivity contribution in [3.05, 3.63) is 11.5 Å². The first-order chi connectivity index (χ1) is 5.21. The van der Waals surface area contributed by atoms with Crippen molar-refractivity contribution in [3.63, 3.8) is 0 Å². The minimum absolute atomic E-state index is 0.198. The van der Waals surface area contributed by atoms with E-state index in [1.165, 1.54) is 6.08 Å². The van der Waals surface area contributed by atoms with Gasteiger partial charge in [0, 0.05) is 0 Å². The van der Waals surface area contributed by atoms with E-state index in [0.717, 1.165) is 11.8 Å². The largest absolute Gasteiger partial charge is 0.287 e. The third-order valence-electron chi connectivity index (χ3n) is 1.33. The lowest BCUT2D eigenvalue weighted by atomic mass is 9.91. The van der Waals surface area contributed by atoms with Crippen LogP contribution >= 0.6 is 0 Å². The standard InChI is InChI=1S/C8H16O3S/c1-8(2,3)6-4-5-7-12(9,10)11/h5,7H,4,6H2,1-3H3,(H,9,10,11). The Morgan fingerprint density at radius 3 is 2.17 bits per heavy atom. The summed E-state index contributed by atoms with van der Waals surface area (Å²) in [6.45, 7) is 6.23. The molecule has 0 aliphatic rings. The molecule has 0 atom stereocenters. The van der Waals surface area contributed by atoms with E-state index in [-0.39, 0.29) is 5.41 Å². The Kier molecular flexibility index (Phi) is 3.93. The Labute approximate surface area is 74.2 Å². The molecule has 0 saturated heterocycles. The zero-order chi connectivity index (χ0) is 9.83. The van der Waals surface area contributed by atoms with Gasteiger partial charge in [-0.1, -0.05) is 26.8 Å². The van der Waals surface area contributed by atoms with Crippen LogP contribution < -0.4 is 0 Å². The maximum Gasteiger partial charge on any atom is 0.287 e. The summed E-state index contributed by atoms with van der Waals surface area (Å²) in [5.41, 5.74) is 0.198. The molecule has 0 saturated carbocycles. The van der Waals surface area contributed by atoms with Gasteiger partial charge in [-0.05, 0) is 18.3 Å². The molecule has 0 aromatic rings. The molecule has 0 unspecified atom stereocenters. The maximum absolute atomic E-state index is 10.2. The van der Waals surface area contributed by atoms with Crippen LogP contribution in [-0.2, 0) is 10.1 Å². The lowest BCUT2D eigenvalue weighted by Crippen LogP contribution is -2.03. The van der Waals surface area contributed by atoms with Gasteiger partial charge in [0.2, 0.25) is 0 Å². The molecular formula is C8H16O3S. The number of hydrogen-bond acceptors (Lipinski definition) is 2. The topological polar surface area (TPSA) is 54.4 Å². The summed E-state index contributed by atoms with van der Waals surface area (Å²) in [5.74, 6) is 0. The van der Waals surface area contributed by atoms with Crippen molar-refractivity contribution >= 4 is 10.1 Å². The van der Waals surface area contributed by atoms with Crippen LogP contribution in [0.4, 0.5) is 0 Å². The molecule has 4 heteroatoms. The summed E-state index contributed by atoms with van der Waals surface area (Å²) in [5, 5.41) is 0.832. The minimum Gasteiger partial charge on any atom is -0.282 e. The van der Waals surface area contributed by atoms with Crippen molar-refractivity contribution in [2.45, 2.75) is 33.6 Å². The molecule has 0 heterocycles. The van der Waals surface area contributed by atoms with Gasteiger partial charge in [-0.2, -0.15) is 8.42 Å². The minimum atomic E-state index is -3.92. The SMILES string of the molecule is CC(C)(C)CCC=CS(=O)(=O)O. The fraction of sp³-hybridized carbons (Fsp3) is 0.750. The van der Waals surface area contributed by atoms with Crippen molar-refractivity contribution in [1.29, 1.82) is 0 Å². The highest BCUT2D eigenvalue weighted by molar-refractivity contribution is 7.88. The van der Waals surface area contributed by atoms with Crippen molar-refractivity contribution < 1.29 is 13.0 Å². The Morgan fingerprint density at radius 1 is 1.33 bits per heavy atom. The van der Waals surface area contributed by atoms with Crippen molar-refractivity contribution in [1.82, 2.24) is 0 Å². The first-order valence-corrected chi connectivity index (χ1v) is 5.35. The van der Waals surface area contributed by atoms with E-state index in [9.17, 15) is 8.42 Å². The lowest BCUT2D eigenvalue weighted by molar-refractivity contribution is 0.381. The quantitative estimate of drug-likeness (QED) is 0.697. The van der Waals surface area contributed by atoms with E-state index < -0.39 is 10.1 Å². The van der Waals surface area contributed by atoms with Crippen LogP contribution in [0.2, 0.25) is 0 Å². The van der Waals surface area contributed by atoms with E-state index in [4.69, 9.17) is 4.55 Å². The molecule has 72 valence electrons. The molecule has 0 fully saturated rings. The fourth-order valence-corrected chi connectivity index (χ4v) is 1.09. The smallest absolute Gasteiger partial charge is 0.282 e. The Bertz CT molecular complexity index is 244. The molecule has 0 aromatic carbocycles. The molecule has 0 rings (SSSR count). The number of allylic oxidation sites excluding steroid dienone is 1. The van der Waals surface area contributed by atoms with Crippen LogP contribution in [0.1, 0.15) is 33.6 Å². The third kappa shape index (κ3) is 9.65. The summed E-state index contributed by atoms with van der Waals surface area (Å²) < 4.78 is 28.8. The zero-order valence-electron chi connectivity index (χ0n) is 7.74. The van der Waals surface area contributed by atoms with Crippen LogP contribution in [0, 0.1) is 5.41 Å². The van der Waals surface area contributed by atoms with E-state index in [2.05, 4.69) is 20.8 Å². The average molecular weight is 192 g/mol. The number of rotatable bonds is 3. The zero-order valence-corrected chi connectivity index (χ0v) is 8.56. The van der Waals surface area contributed by atoms with Crippen molar-refractivity contribution in [2.75, 3.05) is 0 Å². The molecule has 0 radical (unpaired) electrons. The first-order valence-electron chi connectivity index (χ1n) is 3.85. The summed E-state index contributed by atoms with van der Waals surface area (Å²) in [7, 11) is -3.92. The van der Waals surface area contributed by atoms with E-state index in [1.807, 2.05) is 0 Å². The van der Waals surface area contributed by atoms with Gasteiger partial charge in [-0.3, -0.25) is 4.55 Å². The Morgan fingerprint density at radius 2 is 1.83 bits per heavy atom. The highest BCUT2D eigenvalue weighted by atomic mass is 32.2. The predicted molar refractivity (Wildman–Crippen MR) is 49.4 cm³/mol. The lowest BCUT2D eigenvalue weighted by Gasteiger charge is -2.15. The fourth-order valence-electron chi connectivity index (χ4n) is 0.706. The highest BCUT2D eigenvalue weighted by Crippen LogP contribution is 2.20. The van der Waals surface area contributed by atoms with Gasteiger partial charge in [0.1, 0.15) is 0 Å². The molecule has 0 bridgehead atoms. The van der Waals surface area contributed by atoms with E-state index in [1.54, 1.807) is 0 Å². The molecule has 0 aromatic heterocycles. The van der Waals surface area contributed by atoms with Gasteiger partial charge in [0.15, 0.2) is 0 Å². The van der Waals surface area contributed by atoms with Crippen LogP contribution in [0.25, 0.3) is 0 Å². The second-order valence-electron chi connectivity index (χ2n) is 3.99. The summed E-state index contributed by atoms with van der Waals surface area (Å²) in [6, 6.07) is 0. The van der Waals surface area contributed by atoms with Crippen molar-refractivity contribution in [3.8, 4) is 0 Å². The van der Waals surface area contributed by atoms with Crippen molar-refractivity contribution in [2.24, 2.45) is 5.41 Å². The van der Waals surface area contributed by atoms with Gasteiger partial charge in [0.25, 0.3) is 10.1 Å². The molecule has 0 aliphatic carbocycles. The summed E-state index contributed by atoms with van der Waals surface area (Å²) >= 11 is 0. The van der Waals surface area contributed by atoms with Gasteiger partial charge >= 0.3 is 0 Å². The second-order valence-corrected chi connectivity index (χ2v) is 5.29. The van der Waals surface area contributed by atoms with Crippen LogP contribution in [-0.4, -0.2) is 13.0 Å². The maximum atomic E-state index is 10.2. The first kappa shape index (κ1) is 11.6. The summed E-state index contributed by atoms with van der Waals surface area (Å²) in [6.07, 6.45) is 3.04. The van der Waals surface area contributed by atoms with Crippen LogP contribution in [0.15, 0.2) is 11.5 Å². The molecule has 0 amide bonds. The molecule has 0 spiro atoms. The molecule has 12 heavy (non-hydrogen) atoms.